The molecule has 132 valence electrons. The van der Waals surface area contributed by atoms with Crippen LogP contribution in [-0.4, -0.2) is 42.2 Å². The summed E-state index contributed by atoms with van der Waals surface area (Å²) in [5, 5.41) is 2.76. The second-order valence-corrected chi connectivity index (χ2v) is 6.48. The zero-order chi connectivity index (χ0) is 17.9. The highest BCUT2D eigenvalue weighted by molar-refractivity contribution is 6.07. The number of amides is 1. The number of ether oxygens (including phenoxy) is 1. The number of carbonyl (C=O) groups excluding carboxylic acids is 1. The van der Waals surface area contributed by atoms with Crippen molar-refractivity contribution in [3.05, 3.63) is 65.7 Å². The van der Waals surface area contributed by atoms with Crippen LogP contribution in [0.25, 0.3) is 22.2 Å². The Morgan fingerprint density at radius 1 is 1.08 bits per heavy atom. The first kappa shape index (κ1) is 16.7. The molecule has 1 aromatic heterocycles. The van der Waals surface area contributed by atoms with Gasteiger partial charge in [-0.25, -0.2) is 9.99 Å². The molecule has 0 unspecified atom stereocenters. The molecule has 1 fully saturated rings. The molecule has 5 heteroatoms. The highest BCUT2D eigenvalue weighted by Crippen LogP contribution is 2.25. The highest BCUT2D eigenvalue weighted by Gasteiger charge is 2.18. The molecular formula is C21H21N3O2. The minimum absolute atomic E-state index is 0.112. The largest absolute Gasteiger partial charge is 0.379 e. The molecule has 5 nitrogen and oxygen atoms in total. The van der Waals surface area contributed by atoms with Crippen LogP contribution in [0.15, 0.2) is 54.6 Å². The lowest BCUT2D eigenvalue weighted by Crippen LogP contribution is -2.48. The van der Waals surface area contributed by atoms with E-state index in [1.54, 1.807) is 0 Å². The van der Waals surface area contributed by atoms with E-state index < -0.39 is 0 Å². The van der Waals surface area contributed by atoms with Crippen LogP contribution in [0.4, 0.5) is 0 Å². The fourth-order valence-electron chi connectivity index (χ4n) is 3.11. The van der Waals surface area contributed by atoms with Crippen molar-refractivity contribution in [1.29, 1.82) is 0 Å². The van der Waals surface area contributed by atoms with Crippen LogP contribution in [0.2, 0.25) is 0 Å². The Morgan fingerprint density at radius 2 is 1.81 bits per heavy atom. The van der Waals surface area contributed by atoms with Crippen molar-refractivity contribution in [3.8, 4) is 11.3 Å². The summed E-state index contributed by atoms with van der Waals surface area (Å²) in [5.41, 5.74) is 7.45. The summed E-state index contributed by atoms with van der Waals surface area (Å²) in [5.74, 6) is -0.112. The van der Waals surface area contributed by atoms with E-state index in [1.165, 1.54) is 5.56 Å². The maximum atomic E-state index is 12.9. The molecule has 4 rings (SSSR count). The highest BCUT2D eigenvalue weighted by atomic mass is 16.5. The molecule has 0 atom stereocenters. The summed E-state index contributed by atoms with van der Waals surface area (Å²) < 4.78 is 5.34. The summed E-state index contributed by atoms with van der Waals surface area (Å²) in [6.07, 6.45) is 0. The van der Waals surface area contributed by atoms with E-state index in [4.69, 9.17) is 9.72 Å². The number of nitrogens with one attached hydrogen (secondary N) is 1. The number of nitrogens with zero attached hydrogens (tertiary/aromatic N) is 2. The molecule has 1 saturated heterocycles. The van der Waals surface area contributed by atoms with Crippen molar-refractivity contribution in [2.24, 2.45) is 0 Å². The lowest BCUT2D eigenvalue weighted by Gasteiger charge is -2.27. The minimum Gasteiger partial charge on any atom is -0.379 e. The first-order valence-corrected chi connectivity index (χ1v) is 8.81. The van der Waals surface area contributed by atoms with Crippen LogP contribution in [0.1, 0.15) is 15.9 Å². The van der Waals surface area contributed by atoms with Crippen molar-refractivity contribution in [2.45, 2.75) is 6.92 Å². The van der Waals surface area contributed by atoms with Gasteiger partial charge in [-0.1, -0.05) is 48.0 Å². The van der Waals surface area contributed by atoms with Crippen LogP contribution in [0.5, 0.6) is 0 Å². The van der Waals surface area contributed by atoms with Gasteiger partial charge in [0.15, 0.2) is 0 Å². The molecule has 26 heavy (non-hydrogen) atoms. The summed E-state index contributed by atoms with van der Waals surface area (Å²) >= 11 is 0. The first-order chi connectivity index (χ1) is 12.7. The van der Waals surface area contributed by atoms with Gasteiger partial charge in [0.25, 0.3) is 5.91 Å². The van der Waals surface area contributed by atoms with Crippen LogP contribution in [-0.2, 0) is 4.74 Å². The smallest absolute Gasteiger partial charge is 0.266 e. The molecular weight excluding hydrogens is 326 g/mol. The minimum atomic E-state index is -0.112. The Bertz CT molecular complexity index is 932. The van der Waals surface area contributed by atoms with Gasteiger partial charge in [-0.15, -0.1) is 0 Å². The zero-order valence-corrected chi connectivity index (χ0v) is 14.7. The number of morpholine rings is 1. The average Bonchev–Trinajstić information content (AvgIpc) is 2.68. The summed E-state index contributed by atoms with van der Waals surface area (Å²) in [4.78, 5) is 17.7. The predicted octanol–water partition coefficient (Wildman–Crippen LogP) is 3.19. The number of hydrogen-bond donors (Lipinski definition) is 1. The third-order valence-electron chi connectivity index (χ3n) is 4.58. The number of pyridine rings is 1. The Morgan fingerprint density at radius 3 is 2.58 bits per heavy atom. The van der Waals surface area contributed by atoms with E-state index in [0.29, 0.717) is 31.9 Å². The third-order valence-corrected chi connectivity index (χ3v) is 4.58. The SMILES string of the molecule is Cc1ccc(-c2cc(C(=O)NN3CCOCC3)c3ccccc3n2)cc1. The van der Waals surface area contributed by atoms with Crippen LogP contribution >= 0.6 is 0 Å². The molecule has 2 heterocycles. The normalized spacial score (nSPS) is 15.1. The van der Waals surface area contributed by atoms with Crippen molar-refractivity contribution >= 4 is 16.8 Å². The molecule has 0 aliphatic carbocycles. The van der Waals surface area contributed by atoms with Gasteiger partial charge in [-0.05, 0) is 19.1 Å². The number of hydrogen-bond acceptors (Lipinski definition) is 4. The second kappa shape index (κ2) is 7.23. The van der Waals surface area contributed by atoms with Gasteiger partial charge in [-0.3, -0.25) is 10.2 Å². The van der Waals surface area contributed by atoms with E-state index >= 15 is 0 Å². The maximum absolute atomic E-state index is 12.9. The predicted molar refractivity (Wildman–Crippen MR) is 102 cm³/mol. The van der Waals surface area contributed by atoms with Crippen molar-refractivity contribution in [2.75, 3.05) is 26.3 Å². The molecule has 0 saturated carbocycles. The monoisotopic (exact) mass is 347 g/mol. The Hall–Kier alpha value is -2.76. The molecule has 0 radical (unpaired) electrons. The van der Waals surface area contributed by atoms with Gasteiger partial charge in [0, 0.05) is 24.0 Å². The van der Waals surface area contributed by atoms with Gasteiger partial charge >= 0.3 is 0 Å². The standard InChI is InChI=1S/C21H21N3O2/c1-15-6-8-16(9-7-15)20-14-18(17-4-2-3-5-19(17)22-20)21(25)23-24-10-12-26-13-11-24/h2-9,14H,10-13H2,1H3,(H,23,25). The lowest BCUT2D eigenvalue weighted by atomic mass is 10.0. The van der Waals surface area contributed by atoms with E-state index in [0.717, 1.165) is 22.2 Å². The molecule has 1 N–H and O–H groups in total. The molecule has 0 bridgehead atoms. The van der Waals surface area contributed by atoms with Gasteiger partial charge in [-0.2, -0.15) is 0 Å². The van der Waals surface area contributed by atoms with Crippen molar-refractivity contribution in [1.82, 2.24) is 15.4 Å². The summed E-state index contributed by atoms with van der Waals surface area (Å²) in [6.45, 7) is 4.70. The van der Waals surface area contributed by atoms with E-state index in [2.05, 4.69) is 24.5 Å². The van der Waals surface area contributed by atoms with E-state index in [9.17, 15) is 4.79 Å². The fourth-order valence-corrected chi connectivity index (χ4v) is 3.11. The Kier molecular flexibility index (Phi) is 4.65. The molecule has 0 spiro atoms. The molecule has 1 aliphatic heterocycles. The van der Waals surface area contributed by atoms with Gasteiger partial charge < -0.3 is 4.74 Å². The van der Waals surface area contributed by atoms with Gasteiger partial charge in [0.2, 0.25) is 0 Å². The number of hydrazine groups is 1. The number of fused-ring (bicyclic) bond motifs is 1. The summed E-state index contributed by atoms with van der Waals surface area (Å²) in [7, 11) is 0. The van der Waals surface area contributed by atoms with Gasteiger partial charge in [0.05, 0.1) is 30.0 Å². The first-order valence-electron chi connectivity index (χ1n) is 8.81. The van der Waals surface area contributed by atoms with Crippen LogP contribution in [0.3, 0.4) is 0 Å². The lowest BCUT2D eigenvalue weighted by molar-refractivity contribution is 0.0127. The van der Waals surface area contributed by atoms with Gasteiger partial charge in [0.1, 0.15) is 0 Å². The quantitative estimate of drug-likeness (QED) is 0.791. The second-order valence-electron chi connectivity index (χ2n) is 6.48. The maximum Gasteiger partial charge on any atom is 0.266 e. The number of rotatable bonds is 3. The van der Waals surface area contributed by atoms with E-state index in [1.807, 2.05) is 47.5 Å². The number of aryl methyl sites for hydroxylation is 1. The fraction of sp³-hybridized carbons (Fsp3) is 0.238. The topological polar surface area (TPSA) is 54.5 Å². The van der Waals surface area contributed by atoms with Crippen molar-refractivity contribution < 1.29 is 9.53 Å². The average molecular weight is 347 g/mol. The summed E-state index contributed by atoms with van der Waals surface area (Å²) in [6, 6.07) is 17.8. The number of para-hydroxylation sites is 1. The number of aromatic nitrogens is 1. The Balaban J connectivity index is 1.74. The van der Waals surface area contributed by atoms with Crippen LogP contribution in [0, 0.1) is 6.92 Å². The van der Waals surface area contributed by atoms with Crippen molar-refractivity contribution in [3.63, 3.8) is 0 Å². The number of benzene rings is 2. The molecule has 1 aliphatic rings. The molecule has 2 aromatic carbocycles. The molecule has 3 aromatic rings. The Labute approximate surface area is 152 Å². The number of carbonyl (C=O) groups is 1. The van der Waals surface area contributed by atoms with Crippen LogP contribution < -0.4 is 5.43 Å². The third kappa shape index (κ3) is 3.45. The molecule has 1 amide bonds. The van der Waals surface area contributed by atoms with E-state index in [-0.39, 0.29) is 5.91 Å². The zero-order valence-electron chi connectivity index (χ0n) is 14.7.